The number of carbonyl (C=O) groups excluding carboxylic acids is 1. The summed E-state index contributed by atoms with van der Waals surface area (Å²) in [5.74, 6) is -2.36. The van der Waals surface area contributed by atoms with E-state index in [1.807, 2.05) is 6.08 Å². The van der Waals surface area contributed by atoms with Gasteiger partial charge in [0.25, 0.3) is 0 Å². The zero-order valence-corrected chi connectivity index (χ0v) is 14.8. The minimum Gasteiger partial charge on any atom is -0.479 e. The summed E-state index contributed by atoms with van der Waals surface area (Å²) in [5.41, 5.74) is 0. The van der Waals surface area contributed by atoms with Crippen molar-refractivity contribution in [1.29, 1.82) is 0 Å². The van der Waals surface area contributed by atoms with Crippen molar-refractivity contribution in [3.05, 3.63) is 36.5 Å². The number of carboxylic acids is 1. The number of aliphatic hydroxyl groups excluding tert-OH is 1. The van der Waals surface area contributed by atoms with Crippen LogP contribution < -0.4 is 0 Å². The molecule has 0 saturated heterocycles. The van der Waals surface area contributed by atoms with Crippen molar-refractivity contribution in [1.82, 2.24) is 0 Å². The Morgan fingerprint density at radius 1 is 0.833 bits per heavy atom. The highest BCUT2D eigenvalue weighted by atomic mass is 16.4. The molecule has 1 atom stereocenters. The van der Waals surface area contributed by atoms with E-state index in [1.54, 1.807) is 12.2 Å². The van der Waals surface area contributed by atoms with E-state index < -0.39 is 17.9 Å². The highest BCUT2D eigenvalue weighted by Crippen LogP contribution is 2.10. The van der Waals surface area contributed by atoms with Gasteiger partial charge in [-0.2, -0.15) is 0 Å². The van der Waals surface area contributed by atoms with Crippen LogP contribution in [0.15, 0.2) is 36.5 Å². The van der Waals surface area contributed by atoms with Crippen molar-refractivity contribution >= 4 is 11.8 Å². The lowest BCUT2D eigenvalue weighted by Crippen LogP contribution is -2.27. The Morgan fingerprint density at radius 2 is 1.38 bits per heavy atom. The topological polar surface area (TPSA) is 74.6 Å². The lowest BCUT2D eigenvalue weighted by atomic mass is 10.1. The van der Waals surface area contributed by atoms with Gasteiger partial charge in [-0.3, -0.25) is 4.79 Å². The molecule has 24 heavy (non-hydrogen) atoms. The number of carboxylic acid groups (broad SMARTS) is 1. The average molecular weight is 336 g/mol. The largest absolute Gasteiger partial charge is 0.479 e. The maximum Gasteiger partial charge on any atom is 0.340 e. The summed E-state index contributed by atoms with van der Waals surface area (Å²) in [5, 5.41) is 17.4. The maximum absolute atomic E-state index is 11.1. The van der Waals surface area contributed by atoms with E-state index in [-0.39, 0.29) is 0 Å². The van der Waals surface area contributed by atoms with E-state index in [2.05, 4.69) is 13.0 Å². The summed E-state index contributed by atoms with van der Waals surface area (Å²) < 4.78 is 0. The van der Waals surface area contributed by atoms with Crippen molar-refractivity contribution in [2.24, 2.45) is 0 Å². The van der Waals surface area contributed by atoms with Crippen molar-refractivity contribution in [3.8, 4) is 0 Å². The standard InChI is InChI=1S/C20H32O4/c1-2-3-4-5-6-7-8-9-10-11-12-13-14-15-16-17-18(21)19(22)20(23)24/h12-17,19,22H,2-11H2,1H3,(H,23,24). The summed E-state index contributed by atoms with van der Waals surface area (Å²) >= 11 is 0. The quantitative estimate of drug-likeness (QED) is 0.198. The number of aliphatic hydroxyl groups is 1. The number of hydrogen-bond acceptors (Lipinski definition) is 3. The van der Waals surface area contributed by atoms with Gasteiger partial charge in [0.15, 0.2) is 5.78 Å². The van der Waals surface area contributed by atoms with Crippen LogP contribution >= 0.6 is 0 Å². The molecular formula is C20H32O4. The summed E-state index contributed by atoms with van der Waals surface area (Å²) in [6, 6.07) is 0. The van der Waals surface area contributed by atoms with Crippen LogP contribution in [0.3, 0.4) is 0 Å². The Hall–Kier alpha value is -1.68. The smallest absolute Gasteiger partial charge is 0.340 e. The molecule has 0 radical (unpaired) electrons. The third-order valence-corrected chi connectivity index (χ3v) is 3.71. The Labute approximate surface area is 146 Å². The fraction of sp³-hybridized carbons (Fsp3) is 0.600. The second kappa shape index (κ2) is 16.2. The number of unbranched alkanes of at least 4 members (excludes halogenated alkanes) is 9. The van der Waals surface area contributed by atoms with Gasteiger partial charge in [-0.15, -0.1) is 0 Å². The lowest BCUT2D eigenvalue weighted by molar-refractivity contribution is -0.150. The van der Waals surface area contributed by atoms with Crippen LogP contribution in [0.25, 0.3) is 0 Å². The molecule has 2 N–H and O–H groups in total. The molecule has 0 aliphatic rings. The monoisotopic (exact) mass is 336 g/mol. The first kappa shape index (κ1) is 22.3. The number of allylic oxidation sites excluding steroid dienone is 5. The van der Waals surface area contributed by atoms with Gasteiger partial charge >= 0.3 is 5.97 Å². The van der Waals surface area contributed by atoms with Gasteiger partial charge in [0.1, 0.15) is 0 Å². The molecule has 0 saturated carbocycles. The third kappa shape index (κ3) is 13.9. The van der Waals surface area contributed by atoms with E-state index in [1.165, 1.54) is 63.9 Å². The van der Waals surface area contributed by atoms with Gasteiger partial charge in [0.05, 0.1) is 0 Å². The van der Waals surface area contributed by atoms with Gasteiger partial charge in [-0.05, 0) is 18.9 Å². The van der Waals surface area contributed by atoms with Crippen LogP contribution in [-0.4, -0.2) is 28.1 Å². The van der Waals surface area contributed by atoms with Crippen molar-refractivity contribution in [3.63, 3.8) is 0 Å². The number of rotatable bonds is 15. The number of ketones is 1. The SMILES string of the molecule is CCCCCCCCCCCC=CC=CC=CC(=O)C(O)C(=O)O. The highest BCUT2D eigenvalue weighted by molar-refractivity contribution is 6.06. The molecule has 0 aliphatic carbocycles. The zero-order valence-electron chi connectivity index (χ0n) is 14.8. The molecular weight excluding hydrogens is 304 g/mol. The highest BCUT2D eigenvalue weighted by Gasteiger charge is 2.19. The van der Waals surface area contributed by atoms with Crippen molar-refractivity contribution < 1.29 is 19.8 Å². The molecule has 0 bridgehead atoms. The fourth-order valence-electron chi connectivity index (χ4n) is 2.24. The Balaban J connectivity index is 3.55. The Morgan fingerprint density at radius 3 is 1.96 bits per heavy atom. The summed E-state index contributed by atoms with van der Waals surface area (Å²) in [6.07, 6.45) is 20.9. The van der Waals surface area contributed by atoms with Crippen LogP contribution in [0.2, 0.25) is 0 Å². The maximum atomic E-state index is 11.1. The van der Waals surface area contributed by atoms with Gasteiger partial charge in [0, 0.05) is 0 Å². The Kier molecular flexibility index (Phi) is 15.1. The van der Waals surface area contributed by atoms with Crippen molar-refractivity contribution in [2.75, 3.05) is 0 Å². The first-order valence-electron chi connectivity index (χ1n) is 9.04. The van der Waals surface area contributed by atoms with E-state index in [0.717, 1.165) is 12.5 Å². The molecule has 4 nitrogen and oxygen atoms in total. The number of aliphatic carboxylic acids is 1. The normalized spacial score (nSPS) is 13.2. The zero-order chi connectivity index (χ0) is 18.0. The van der Waals surface area contributed by atoms with Crippen LogP contribution in [0, 0.1) is 0 Å². The lowest BCUT2D eigenvalue weighted by Gasteiger charge is -2.00. The van der Waals surface area contributed by atoms with E-state index in [4.69, 9.17) is 10.2 Å². The van der Waals surface area contributed by atoms with Crippen LogP contribution in [0.5, 0.6) is 0 Å². The summed E-state index contributed by atoms with van der Waals surface area (Å²) in [4.78, 5) is 21.5. The number of carbonyl (C=O) groups is 2. The molecule has 0 aromatic heterocycles. The summed E-state index contributed by atoms with van der Waals surface area (Å²) in [6.45, 7) is 2.24. The van der Waals surface area contributed by atoms with E-state index >= 15 is 0 Å². The van der Waals surface area contributed by atoms with Gasteiger partial charge in [0.2, 0.25) is 6.10 Å². The Bertz CT molecular complexity index is 421. The second-order valence-corrected chi connectivity index (χ2v) is 5.93. The minimum absolute atomic E-state index is 0.828. The molecule has 0 heterocycles. The van der Waals surface area contributed by atoms with Crippen molar-refractivity contribution in [2.45, 2.75) is 77.2 Å². The predicted octanol–water partition coefficient (Wildman–Crippen LogP) is 4.59. The fourth-order valence-corrected chi connectivity index (χ4v) is 2.24. The molecule has 1 unspecified atom stereocenters. The molecule has 0 fully saturated rings. The first-order valence-corrected chi connectivity index (χ1v) is 9.04. The molecule has 0 aromatic carbocycles. The van der Waals surface area contributed by atoms with E-state index in [0.29, 0.717) is 0 Å². The second-order valence-electron chi connectivity index (χ2n) is 5.93. The molecule has 0 aliphatic heterocycles. The predicted molar refractivity (Wildman–Crippen MR) is 97.9 cm³/mol. The number of hydrogen-bond donors (Lipinski definition) is 2. The van der Waals surface area contributed by atoms with Crippen LogP contribution in [0.4, 0.5) is 0 Å². The molecule has 4 heteroatoms. The molecule has 0 spiro atoms. The van der Waals surface area contributed by atoms with Crippen LogP contribution in [0.1, 0.15) is 71.1 Å². The molecule has 0 amide bonds. The van der Waals surface area contributed by atoms with E-state index in [9.17, 15) is 9.59 Å². The van der Waals surface area contributed by atoms with Gasteiger partial charge in [-0.25, -0.2) is 4.79 Å². The molecule has 0 rings (SSSR count). The van der Waals surface area contributed by atoms with Gasteiger partial charge < -0.3 is 10.2 Å². The molecule has 136 valence electrons. The van der Waals surface area contributed by atoms with Crippen LogP contribution in [-0.2, 0) is 9.59 Å². The minimum atomic E-state index is -1.98. The third-order valence-electron chi connectivity index (χ3n) is 3.71. The summed E-state index contributed by atoms with van der Waals surface area (Å²) in [7, 11) is 0. The first-order chi connectivity index (χ1) is 11.6. The molecule has 0 aromatic rings. The van der Waals surface area contributed by atoms with Gasteiger partial charge in [-0.1, -0.05) is 88.7 Å². The average Bonchev–Trinajstić information content (AvgIpc) is 2.57.